The van der Waals surface area contributed by atoms with Crippen molar-refractivity contribution in [1.82, 2.24) is 19.9 Å². The van der Waals surface area contributed by atoms with Crippen molar-refractivity contribution in [1.29, 1.82) is 0 Å². The van der Waals surface area contributed by atoms with Gasteiger partial charge in [0.1, 0.15) is 11.9 Å². The van der Waals surface area contributed by atoms with E-state index in [1.165, 1.54) is 6.07 Å². The number of anilines is 1. The van der Waals surface area contributed by atoms with E-state index in [-0.39, 0.29) is 17.9 Å². The van der Waals surface area contributed by atoms with Crippen molar-refractivity contribution < 1.29 is 4.39 Å². The molecule has 2 atom stereocenters. The van der Waals surface area contributed by atoms with Crippen LogP contribution in [0.25, 0.3) is 5.69 Å². The van der Waals surface area contributed by atoms with E-state index in [0.717, 1.165) is 22.8 Å². The molecule has 0 saturated carbocycles. The number of pyridine rings is 2. The zero-order valence-corrected chi connectivity index (χ0v) is 17.6. The van der Waals surface area contributed by atoms with Crippen LogP contribution in [0.15, 0.2) is 85.5 Å². The first-order valence-corrected chi connectivity index (χ1v) is 10.4. The van der Waals surface area contributed by atoms with Gasteiger partial charge >= 0.3 is 0 Å². The van der Waals surface area contributed by atoms with Crippen LogP contribution in [0.4, 0.5) is 10.1 Å². The highest BCUT2D eigenvalue weighted by Crippen LogP contribution is 2.42. The van der Waals surface area contributed by atoms with Gasteiger partial charge in [0.05, 0.1) is 11.7 Å². The van der Waals surface area contributed by atoms with Gasteiger partial charge in [0, 0.05) is 41.9 Å². The van der Waals surface area contributed by atoms with Crippen molar-refractivity contribution in [3.8, 4) is 5.69 Å². The lowest BCUT2D eigenvalue weighted by atomic mass is 10.0. The van der Waals surface area contributed by atoms with E-state index in [0.29, 0.717) is 10.7 Å². The maximum absolute atomic E-state index is 14.0. The molecule has 0 aliphatic carbocycles. The lowest BCUT2D eigenvalue weighted by Gasteiger charge is -2.29. The maximum Gasteiger partial charge on any atom is 0.174 e. The molecule has 154 valence electrons. The van der Waals surface area contributed by atoms with E-state index in [1.807, 2.05) is 53.6 Å². The van der Waals surface area contributed by atoms with Crippen LogP contribution in [-0.4, -0.2) is 19.6 Å². The Morgan fingerprint density at radius 2 is 1.81 bits per heavy atom. The Labute approximate surface area is 185 Å². The standard InChI is InChI=1S/C24H20FN5S/c1-16-15-18(7-8-19(16)25)30-23(22(28-24(30)31)20-5-2-3-11-27-20)21-6-4-14-29(21)17-9-12-26-13-10-17/h2-15,22-23H,1H3,(H,28,31)/t22-,23+/m0/s1. The summed E-state index contributed by atoms with van der Waals surface area (Å²) in [5.74, 6) is -0.236. The van der Waals surface area contributed by atoms with Crippen molar-refractivity contribution in [2.45, 2.75) is 19.0 Å². The van der Waals surface area contributed by atoms with Gasteiger partial charge < -0.3 is 14.8 Å². The lowest BCUT2D eigenvalue weighted by Crippen LogP contribution is -2.30. The summed E-state index contributed by atoms with van der Waals surface area (Å²) in [6, 6.07) is 18.6. The second kappa shape index (κ2) is 7.92. The molecule has 3 aromatic heterocycles. The van der Waals surface area contributed by atoms with Gasteiger partial charge in [0.25, 0.3) is 0 Å². The van der Waals surface area contributed by atoms with Crippen molar-refractivity contribution in [3.63, 3.8) is 0 Å². The summed E-state index contributed by atoms with van der Waals surface area (Å²) >= 11 is 5.76. The third kappa shape index (κ3) is 3.47. The first-order valence-electron chi connectivity index (χ1n) is 9.98. The number of rotatable bonds is 4. The van der Waals surface area contributed by atoms with Crippen LogP contribution < -0.4 is 10.2 Å². The molecule has 1 N–H and O–H groups in total. The molecular formula is C24H20FN5S. The minimum absolute atomic E-state index is 0.172. The van der Waals surface area contributed by atoms with Crippen molar-refractivity contribution >= 4 is 23.0 Å². The Morgan fingerprint density at radius 1 is 0.968 bits per heavy atom. The fraction of sp³-hybridized carbons (Fsp3) is 0.125. The largest absolute Gasteiger partial charge is 0.351 e. The molecule has 0 unspecified atom stereocenters. The quantitative estimate of drug-likeness (QED) is 0.468. The minimum atomic E-state index is -0.236. The van der Waals surface area contributed by atoms with E-state index in [2.05, 4.69) is 25.9 Å². The summed E-state index contributed by atoms with van der Waals surface area (Å²) in [6.45, 7) is 1.76. The molecule has 1 aliphatic rings. The summed E-state index contributed by atoms with van der Waals surface area (Å²) in [4.78, 5) is 10.8. The smallest absolute Gasteiger partial charge is 0.174 e. The van der Waals surface area contributed by atoms with Crippen LogP contribution in [0.3, 0.4) is 0 Å². The Balaban J connectivity index is 1.68. The van der Waals surface area contributed by atoms with Gasteiger partial charge in [-0.25, -0.2) is 4.39 Å². The molecule has 0 bridgehead atoms. The van der Waals surface area contributed by atoms with Crippen LogP contribution in [0.1, 0.15) is 29.0 Å². The summed E-state index contributed by atoms with van der Waals surface area (Å²) in [6.07, 6.45) is 7.35. The highest BCUT2D eigenvalue weighted by atomic mass is 32.1. The van der Waals surface area contributed by atoms with Crippen LogP contribution in [0, 0.1) is 12.7 Å². The fourth-order valence-corrected chi connectivity index (χ4v) is 4.43. The van der Waals surface area contributed by atoms with Crippen molar-refractivity contribution in [2.75, 3.05) is 4.90 Å². The topological polar surface area (TPSA) is 46.0 Å². The van der Waals surface area contributed by atoms with Gasteiger partial charge in [-0.3, -0.25) is 9.97 Å². The normalized spacial score (nSPS) is 18.3. The molecule has 31 heavy (non-hydrogen) atoms. The summed E-state index contributed by atoms with van der Waals surface area (Å²) in [5, 5.41) is 4.02. The summed E-state index contributed by atoms with van der Waals surface area (Å²) in [5.41, 5.74) is 4.34. The highest BCUT2D eigenvalue weighted by molar-refractivity contribution is 7.80. The number of aromatic nitrogens is 3. The molecule has 0 radical (unpaired) electrons. The number of halogens is 1. The van der Waals surface area contributed by atoms with Crippen LogP contribution in [0.5, 0.6) is 0 Å². The molecule has 1 aromatic carbocycles. The third-order valence-electron chi connectivity index (χ3n) is 5.54. The Bertz CT molecular complexity index is 1230. The predicted molar refractivity (Wildman–Crippen MR) is 123 cm³/mol. The third-order valence-corrected chi connectivity index (χ3v) is 5.86. The Hall–Kier alpha value is -3.58. The van der Waals surface area contributed by atoms with E-state index in [9.17, 15) is 4.39 Å². The molecule has 4 heterocycles. The summed E-state index contributed by atoms with van der Waals surface area (Å²) in [7, 11) is 0. The SMILES string of the molecule is Cc1cc(N2C(=S)N[C@@H](c3ccccn3)[C@H]2c2cccn2-c2ccncc2)ccc1F. The minimum Gasteiger partial charge on any atom is -0.351 e. The molecule has 1 fully saturated rings. The molecule has 0 spiro atoms. The molecule has 4 aromatic rings. The monoisotopic (exact) mass is 429 g/mol. The van der Waals surface area contributed by atoms with E-state index in [1.54, 1.807) is 31.6 Å². The van der Waals surface area contributed by atoms with Gasteiger partial charge in [0.15, 0.2) is 5.11 Å². The molecule has 1 saturated heterocycles. The molecular weight excluding hydrogens is 409 g/mol. The first-order chi connectivity index (χ1) is 15.1. The molecule has 0 amide bonds. The van der Waals surface area contributed by atoms with Crippen LogP contribution >= 0.6 is 12.2 Å². The number of nitrogens with one attached hydrogen (secondary N) is 1. The molecule has 5 nitrogen and oxygen atoms in total. The molecule has 1 aliphatic heterocycles. The highest BCUT2D eigenvalue weighted by Gasteiger charge is 2.42. The Morgan fingerprint density at radius 3 is 2.55 bits per heavy atom. The number of aryl methyl sites for hydroxylation is 1. The average Bonchev–Trinajstić information content (AvgIpc) is 3.41. The number of thiocarbonyl (C=S) groups is 1. The van der Waals surface area contributed by atoms with Crippen LogP contribution in [0.2, 0.25) is 0 Å². The van der Waals surface area contributed by atoms with Gasteiger partial charge in [0.2, 0.25) is 0 Å². The first kappa shape index (κ1) is 19.4. The number of nitrogens with zero attached hydrogens (tertiary/aromatic N) is 4. The number of hydrogen-bond acceptors (Lipinski definition) is 3. The molecule has 7 heteroatoms. The van der Waals surface area contributed by atoms with Gasteiger partial charge in [-0.2, -0.15) is 0 Å². The zero-order valence-electron chi connectivity index (χ0n) is 16.8. The number of hydrogen-bond donors (Lipinski definition) is 1. The second-order valence-electron chi connectivity index (χ2n) is 7.44. The zero-order chi connectivity index (χ0) is 21.4. The van der Waals surface area contributed by atoms with Crippen molar-refractivity contribution in [2.24, 2.45) is 0 Å². The fourth-order valence-electron chi connectivity index (χ4n) is 4.09. The predicted octanol–water partition coefficient (Wildman–Crippen LogP) is 4.89. The number of benzene rings is 1. The Kier molecular flexibility index (Phi) is 4.95. The lowest BCUT2D eigenvalue weighted by molar-refractivity contribution is 0.549. The average molecular weight is 430 g/mol. The van der Waals surface area contributed by atoms with Crippen LogP contribution in [-0.2, 0) is 0 Å². The van der Waals surface area contributed by atoms with Gasteiger partial charge in [-0.05, 0) is 79.3 Å². The molecule has 5 rings (SSSR count). The van der Waals surface area contributed by atoms with Gasteiger partial charge in [-0.15, -0.1) is 0 Å². The maximum atomic E-state index is 14.0. The van der Waals surface area contributed by atoms with Gasteiger partial charge in [-0.1, -0.05) is 6.07 Å². The second-order valence-corrected chi connectivity index (χ2v) is 7.83. The van der Waals surface area contributed by atoms with E-state index >= 15 is 0 Å². The van der Waals surface area contributed by atoms with Crippen molar-refractivity contribution in [3.05, 3.63) is 108 Å². The van der Waals surface area contributed by atoms with E-state index in [4.69, 9.17) is 12.2 Å². The summed E-state index contributed by atoms with van der Waals surface area (Å²) < 4.78 is 16.1. The van der Waals surface area contributed by atoms with E-state index < -0.39 is 0 Å².